The van der Waals surface area contributed by atoms with E-state index in [1.54, 1.807) is 10.9 Å². The number of hydrogen-bond acceptors (Lipinski definition) is 6. The molecule has 7 rings (SSSR count). The van der Waals surface area contributed by atoms with E-state index in [0.717, 1.165) is 53.9 Å². The number of amides is 2. The molecule has 1 spiro atoms. The molecular formula is C35H37N5O4. The van der Waals surface area contributed by atoms with Gasteiger partial charge in [-0.05, 0) is 55.0 Å². The lowest BCUT2D eigenvalue weighted by Crippen LogP contribution is -2.43. The maximum atomic E-state index is 14.3. The molecule has 44 heavy (non-hydrogen) atoms. The van der Waals surface area contributed by atoms with E-state index in [9.17, 15) is 14.7 Å². The van der Waals surface area contributed by atoms with Crippen molar-refractivity contribution < 1.29 is 19.4 Å². The summed E-state index contributed by atoms with van der Waals surface area (Å²) in [7, 11) is 0. The third-order valence-electron chi connectivity index (χ3n) is 9.36. The van der Waals surface area contributed by atoms with Gasteiger partial charge < -0.3 is 19.6 Å². The number of para-hydroxylation sites is 1. The van der Waals surface area contributed by atoms with Crippen LogP contribution in [0.15, 0.2) is 85.1 Å². The number of rotatable bonds is 8. The molecule has 0 radical (unpaired) electrons. The van der Waals surface area contributed by atoms with E-state index in [1.165, 1.54) is 0 Å². The third-order valence-corrected chi connectivity index (χ3v) is 9.36. The highest BCUT2D eigenvalue weighted by atomic mass is 16.5. The van der Waals surface area contributed by atoms with Crippen LogP contribution in [-0.4, -0.2) is 44.6 Å². The Morgan fingerprint density at radius 1 is 1.00 bits per heavy atom. The van der Waals surface area contributed by atoms with E-state index in [4.69, 9.17) is 4.74 Å². The maximum Gasteiger partial charge on any atom is 0.264 e. The number of aliphatic hydroxyl groups is 1. The van der Waals surface area contributed by atoms with Gasteiger partial charge in [0.1, 0.15) is 11.8 Å². The monoisotopic (exact) mass is 591 g/mol. The zero-order chi connectivity index (χ0) is 30.3. The average molecular weight is 592 g/mol. The number of piperidine rings is 1. The lowest BCUT2D eigenvalue weighted by atomic mass is 9.83. The summed E-state index contributed by atoms with van der Waals surface area (Å²) in [5.74, 6) is 0.133. The summed E-state index contributed by atoms with van der Waals surface area (Å²) >= 11 is 0. The van der Waals surface area contributed by atoms with Crippen molar-refractivity contribution in [3.63, 3.8) is 0 Å². The number of nitrogens with zero attached hydrogens (tertiary/aromatic N) is 5. The Morgan fingerprint density at radius 2 is 1.77 bits per heavy atom. The van der Waals surface area contributed by atoms with Gasteiger partial charge in [-0.25, -0.2) is 0 Å². The predicted octanol–water partition coefficient (Wildman–Crippen LogP) is 5.13. The number of carbonyl (C=O) groups is 2. The van der Waals surface area contributed by atoms with E-state index in [1.807, 2.05) is 88.7 Å². The van der Waals surface area contributed by atoms with Crippen molar-refractivity contribution in [3.05, 3.63) is 107 Å². The van der Waals surface area contributed by atoms with Crippen LogP contribution >= 0.6 is 0 Å². The summed E-state index contributed by atoms with van der Waals surface area (Å²) in [4.78, 5) is 30.4. The van der Waals surface area contributed by atoms with Crippen molar-refractivity contribution in [2.75, 3.05) is 16.3 Å². The molecule has 2 fully saturated rings. The Morgan fingerprint density at radius 3 is 2.57 bits per heavy atom. The van der Waals surface area contributed by atoms with Crippen LogP contribution in [-0.2, 0) is 33.0 Å². The minimum Gasteiger partial charge on any atom is -0.382 e. The molecule has 4 aromatic rings. The van der Waals surface area contributed by atoms with Gasteiger partial charge in [-0.15, -0.1) is 5.10 Å². The van der Waals surface area contributed by atoms with Gasteiger partial charge in [0.05, 0.1) is 24.5 Å². The van der Waals surface area contributed by atoms with E-state index < -0.39 is 11.7 Å². The molecule has 0 unspecified atom stereocenters. The topological polar surface area (TPSA) is 101 Å². The largest absolute Gasteiger partial charge is 0.382 e. The average Bonchev–Trinajstić information content (AvgIpc) is 3.73. The Bertz CT molecular complexity index is 1660. The van der Waals surface area contributed by atoms with Gasteiger partial charge in [0.25, 0.3) is 5.91 Å². The lowest BCUT2D eigenvalue weighted by molar-refractivity contribution is -0.146. The Labute approximate surface area is 257 Å². The van der Waals surface area contributed by atoms with Gasteiger partial charge >= 0.3 is 0 Å². The number of aromatic nitrogens is 3. The minimum absolute atomic E-state index is 0.00940. The summed E-state index contributed by atoms with van der Waals surface area (Å²) < 4.78 is 8.47. The van der Waals surface area contributed by atoms with Crippen LogP contribution in [0.5, 0.6) is 0 Å². The van der Waals surface area contributed by atoms with Gasteiger partial charge in [0.15, 0.2) is 5.60 Å². The summed E-state index contributed by atoms with van der Waals surface area (Å²) in [5.41, 5.74) is 3.96. The molecule has 0 aliphatic carbocycles. The van der Waals surface area contributed by atoms with Crippen molar-refractivity contribution in [2.24, 2.45) is 5.92 Å². The molecule has 4 atom stereocenters. The quantitative estimate of drug-likeness (QED) is 0.305. The lowest BCUT2D eigenvalue weighted by Gasteiger charge is -2.28. The third kappa shape index (κ3) is 5.00. The van der Waals surface area contributed by atoms with Crippen LogP contribution in [0.3, 0.4) is 0 Å². The van der Waals surface area contributed by atoms with E-state index in [-0.39, 0.29) is 23.8 Å². The smallest absolute Gasteiger partial charge is 0.264 e. The molecule has 0 saturated carbocycles. The fourth-order valence-electron chi connectivity index (χ4n) is 7.03. The van der Waals surface area contributed by atoms with Crippen LogP contribution < -0.4 is 9.80 Å². The molecule has 2 saturated heterocycles. The van der Waals surface area contributed by atoms with Crippen molar-refractivity contribution in [2.45, 2.75) is 69.9 Å². The minimum atomic E-state index is -1.03. The van der Waals surface area contributed by atoms with Crippen LogP contribution in [0.2, 0.25) is 0 Å². The summed E-state index contributed by atoms with van der Waals surface area (Å²) in [6.45, 7) is 3.85. The first-order valence-electron chi connectivity index (χ1n) is 15.6. The number of carbonyl (C=O) groups excluding carboxylic acids is 2. The molecule has 4 heterocycles. The number of aliphatic hydroxyl groups excluding tert-OH is 1. The molecule has 3 aliphatic heterocycles. The van der Waals surface area contributed by atoms with Gasteiger partial charge in [0, 0.05) is 36.7 Å². The summed E-state index contributed by atoms with van der Waals surface area (Å²) in [6.07, 6.45) is 4.80. The first-order chi connectivity index (χ1) is 21.4. The zero-order valence-electron chi connectivity index (χ0n) is 24.9. The summed E-state index contributed by atoms with van der Waals surface area (Å²) in [5, 5.41) is 19.1. The van der Waals surface area contributed by atoms with E-state index in [0.29, 0.717) is 31.6 Å². The van der Waals surface area contributed by atoms with Gasteiger partial charge in [0.2, 0.25) is 5.91 Å². The fraction of sp³-hybridized carbons (Fsp3) is 0.371. The standard InChI is InChI=1S/C35H37N5O4/c1-24-21-28(18-20-38-23-30(36-37-38)33(42)26-9-3-2-4-10-26)44-35(24)29-11-5-6-12-31(29)40(34(35)43)22-25-14-16-27(17-15-25)39-19-8-7-13-32(39)41/h2-6,9-12,14-17,23-24,28,33,42H,7-8,13,18-22H2,1H3/t24-,28+,33-,35+/m1/s1. The number of ether oxygens (including phenoxy) is 1. The molecule has 1 N–H and O–H groups in total. The number of anilines is 2. The molecular weight excluding hydrogens is 554 g/mol. The van der Waals surface area contributed by atoms with Crippen LogP contribution in [0, 0.1) is 5.92 Å². The predicted molar refractivity (Wildman–Crippen MR) is 166 cm³/mol. The molecule has 3 aromatic carbocycles. The SMILES string of the molecule is C[C@@H]1C[C@H](CCn2cc([C@H](O)c3ccccc3)nn2)O[C@@]12C(=O)N(Cc1ccc(N3CCCCC3=O)cc1)c1ccccc12. The van der Waals surface area contributed by atoms with Gasteiger partial charge in [-0.1, -0.05) is 72.8 Å². The van der Waals surface area contributed by atoms with Crippen LogP contribution in [0.1, 0.15) is 67.5 Å². The highest BCUT2D eigenvalue weighted by Crippen LogP contribution is 2.53. The molecule has 226 valence electrons. The Balaban J connectivity index is 1.05. The van der Waals surface area contributed by atoms with Crippen LogP contribution in [0.4, 0.5) is 11.4 Å². The molecule has 9 heteroatoms. The van der Waals surface area contributed by atoms with Crippen molar-refractivity contribution in [1.82, 2.24) is 15.0 Å². The highest BCUT2D eigenvalue weighted by Gasteiger charge is 2.59. The van der Waals surface area contributed by atoms with E-state index in [2.05, 4.69) is 17.2 Å². The van der Waals surface area contributed by atoms with Crippen molar-refractivity contribution in [1.29, 1.82) is 0 Å². The number of aryl methyl sites for hydroxylation is 1. The number of benzene rings is 3. The molecule has 0 bridgehead atoms. The second kappa shape index (κ2) is 11.6. The van der Waals surface area contributed by atoms with Crippen molar-refractivity contribution >= 4 is 23.2 Å². The first kappa shape index (κ1) is 28.4. The number of hydrogen-bond donors (Lipinski definition) is 1. The van der Waals surface area contributed by atoms with Crippen molar-refractivity contribution in [3.8, 4) is 0 Å². The maximum absolute atomic E-state index is 14.3. The van der Waals surface area contributed by atoms with Gasteiger partial charge in [-0.3, -0.25) is 14.3 Å². The normalized spacial score (nSPS) is 23.9. The second-order valence-corrected chi connectivity index (χ2v) is 12.2. The number of fused-ring (bicyclic) bond motifs is 2. The Hall–Kier alpha value is -4.34. The van der Waals surface area contributed by atoms with Crippen LogP contribution in [0.25, 0.3) is 0 Å². The molecule has 9 nitrogen and oxygen atoms in total. The molecule has 1 aromatic heterocycles. The fourth-order valence-corrected chi connectivity index (χ4v) is 7.03. The summed E-state index contributed by atoms with van der Waals surface area (Å²) in [6, 6.07) is 25.4. The molecule has 3 aliphatic rings. The first-order valence-corrected chi connectivity index (χ1v) is 15.6. The molecule has 2 amide bonds. The highest BCUT2D eigenvalue weighted by molar-refractivity contribution is 6.07. The second-order valence-electron chi connectivity index (χ2n) is 12.2. The zero-order valence-corrected chi connectivity index (χ0v) is 24.9. The van der Waals surface area contributed by atoms with Gasteiger partial charge in [-0.2, -0.15) is 0 Å². The van der Waals surface area contributed by atoms with E-state index >= 15 is 0 Å². The Kier molecular flexibility index (Phi) is 7.52.